The molecule has 144 valence electrons. The molecule has 0 fully saturated rings. The van der Waals surface area contributed by atoms with E-state index in [1.165, 1.54) is 12.3 Å². The van der Waals surface area contributed by atoms with Crippen LogP contribution in [0, 0.1) is 0 Å². The Hall–Kier alpha value is -3.41. The van der Waals surface area contributed by atoms with Gasteiger partial charge in [0.05, 0.1) is 12.8 Å². The SMILES string of the molecule is CCc1cccc(CC)c1NC(=O)c1cc(C(=O)NCc2ccco2)ccn1. The van der Waals surface area contributed by atoms with Gasteiger partial charge in [-0.25, -0.2) is 0 Å². The normalized spacial score (nSPS) is 10.5. The van der Waals surface area contributed by atoms with Crippen molar-refractivity contribution in [3.8, 4) is 0 Å². The van der Waals surface area contributed by atoms with Gasteiger partial charge in [-0.15, -0.1) is 0 Å². The minimum absolute atomic E-state index is 0.193. The number of pyridine rings is 1. The molecule has 0 aliphatic rings. The number of para-hydroxylation sites is 1. The molecular formula is C22H23N3O3. The number of carbonyl (C=O) groups is 2. The highest BCUT2D eigenvalue weighted by atomic mass is 16.3. The predicted molar refractivity (Wildman–Crippen MR) is 107 cm³/mol. The summed E-state index contributed by atoms with van der Waals surface area (Å²) in [6.07, 6.45) is 4.64. The third-order valence-electron chi connectivity index (χ3n) is 4.50. The quantitative estimate of drug-likeness (QED) is 0.652. The number of carbonyl (C=O) groups excluding carboxylic acids is 2. The molecule has 0 radical (unpaired) electrons. The third-order valence-corrected chi connectivity index (χ3v) is 4.50. The fraction of sp³-hybridized carbons (Fsp3) is 0.227. The standard InChI is InChI=1S/C22H23N3O3/c1-3-15-7-5-8-16(4-2)20(15)25-22(27)19-13-17(10-11-23-19)21(26)24-14-18-9-6-12-28-18/h5-13H,3-4,14H2,1-2H3,(H,24,26)(H,25,27). The Labute approximate surface area is 164 Å². The predicted octanol–water partition coefficient (Wildman–Crippen LogP) is 3.98. The number of nitrogens with one attached hydrogen (secondary N) is 2. The molecule has 0 spiro atoms. The van der Waals surface area contributed by atoms with Crippen LogP contribution in [0.25, 0.3) is 0 Å². The number of benzene rings is 1. The van der Waals surface area contributed by atoms with Gasteiger partial charge >= 0.3 is 0 Å². The van der Waals surface area contributed by atoms with Gasteiger partial charge in [-0.2, -0.15) is 0 Å². The minimum atomic E-state index is -0.337. The highest BCUT2D eigenvalue weighted by Gasteiger charge is 2.15. The molecule has 0 saturated heterocycles. The summed E-state index contributed by atoms with van der Waals surface area (Å²) < 4.78 is 5.20. The number of aromatic nitrogens is 1. The van der Waals surface area contributed by atoms with Crippen molar-refractivity contribution in [2.24, 2.45) is 0 Å². The van der Waals surface area contributed by atoms with E-state index in [4.69, 9.17) is 4.42 Å². The van der Waals surface area contributed by atoms with E-state index in [1.54, 1.807) is 24.5 Å². The number of nitrogens with zero attached hydrogens (tertiary/aromatic N) is 1. The van der Waals surface area contributed by atoms with Gasteiger partial charge in [-0.05, 0) is 48.2 Å². The molecule has 2 aromatic heterocycles. The first-order valence-electron chi connectivity index (χ1n) is 9.31. The van der Waals surface area contributed by atoms with Crippen LogP contribution in [-0.4, -0.2) is 16.8 Å². The number of anilines is 1. The highest BCUT2D eigenvalue weighted by molar-refractivity contribution is 6.05. The van der Waals surface area contributed by atoms with E-state index in [1.807, 2.05) is 32.0 Å². The van der Waals surface area contributed by atoms with Crippen molar-refractivity contribution < 1.29 is 14.0 Å². The molecule has 2 amide bonds. The van der Waals surface area contributed by atoms with E-state index >= 15 is 0 Å². The first-order chi connectivity index (χ1) is 13.6. The van der Waals surface area contributed by atoms with Gasteiger partial charge in [0, 0.05) is 17.4 Å². The second-order valence-electron chi connectivity index (χ2n) is 6.30. The number of furan rings is 1. The van der Waals surface area contributed by atoms with Gasteiger partial charge in [-0.3, -0.25) is 14.6 Å². The lowest BCUT2D eigenvalue weighted by atomic mass is 10.0. The van der Waals surface area contributed by atoms with Gasteiger partial charge in [0.25, 0.3) is 11.8 Å². The monoisotopic (exact) mass is 377 g/mol. The molecule has 6 heteroatoms. The number of hydrogen-bond donors (Lipinski definition) is 2. The smallest absolute Gasteiger partial charge is 0.274 e. The Morgan fingerprint density at radius 1 is 1.00 bits per heavy atom. The molecule has 0 saturated carbocycles. The highest BCUT2D eigenvalue weighted by Crippen LogP contribution is 2.23. The Balaban J connectivity index is 1.75. The molecule has 28 heavy (non-hydrogen) atoms. The van der Waals surface area contributed by atoms with E-state index in [0.29, 0.717) is 11.3 Å². The molecule has 0 bridgehead atoms. The first-order valence-corrected chi connectivity index (χ1v) is 9.31. The van der Waals surface area contributed by atoms with E-state index in [2.05, 4.69) is 15.6 Å². The van der Waals surface area contributed by atoms with Gasteiger partial charge in [0.1, 0.15) is 11.5 Å². The first kappa shape index (κ1) is 19.4. The maximum atomic E-state index is 12.7. The van der Waals surface area contributed by atoms with Crippen LogP contribution in [0.1, 0.15) is 51.6 Å². The average Bonchev–Trinajstić information content (AvgIpc) is 3.25. The second kappa shape index (κ2) is 8.99. The van der Waals surface area contributed by atoms with Crippen LogP contribution in [0.2, 0.25) is 0 Å². The summed E-state index contributed by atoms with van der Waals surface area (Å²) >= 11 is 0. The van der Waals surface area contributed by atoms with E-state index in [9.17, 15) is 9.59 Å². The van der Waals surface area contributed by atoms with Crippen LogP contribution >= 0.6 is 0 Å². The largest absolute Gasteiger partial charge is 0.467 e. The summed E-state index contributed by atoms with van der Waals surface area (Å²) in [5.74, 6) is 0.0241. The zero-order chi connectivity index (χ0) is 19.9. The van der Waals surface area contributed by atoms with Crippen molar-refractivity contribution in [3.05, 3.63) is 83.1 Å². The minimum Gasteiger partial charge on any atom is -0.467 e. The summed E-state index contributed by atoms with van der Waals surface area (Å²) in [6, 6.07) is 12.6. The van der Waals surface area contributed by atoms with Crippen molar-refractivity contribution in [3.63, 3.8) is 0 Å². The molecule has 0 aliphatic heterocycles. The zero-order valence-electron chi connectivity index (χ0n) is 16.0. The molecule has 2 heterocycles. The van der Waals surface area contributed by atoms with Gasteiger partial charge < -0.3 is 15.1 Å². The summed E-state index contributed by atoms with van der Waals surface area (Å²) in [6.45, 7) is 4.37. The van der Waals surface area contributed by atoms with Gasteiger partial charge in [0.2, 0.25) is 0 Å². The number of hydrogen-bond acceptors (Lipinski definition) is 4. The lowest BCUT2D eigenvalue weighted by molar-refractivity contribution is 0.0948. The lowest BCUT2D eigenvalue weighted by Crippen LogP contribution is -2.23. The topological polar surface area (TPSA) is 84.2 Å². The second-order valence-corrected chi connectivity index (χ2v) is 6.30. The molecule has 1 aromatic carbocycles. The Morgan fingerprint density at radius 3 is 2.39 bits per heavy atom. The number of aryl methyl sites for hydroxylation is 2. The van der Waals surface area contributed by atoms with Crippen molar-refractivity contribution in [1.82, 2.24) is 10.3 Å². The maximum Gasteiger partial charge on any atom is 0.274 e. The fourth-order valence-corrected chi connectivity index (χ4v) is 2.96. The van der Waals surface area contributed by atoms with Crippen LogP contribution < -0.4 is 10.6 Å². The van der Waals surface area contributed by atoms with Crippen molar-refractivity contribution in [2.45, 2.75) is 33.2 Å². The van der Waals surface area contributed by atoms with E-state index in [0.717, 1.165) is 29.7 Å². The summed E-state index contributed by atoms with van der Waals surface area (Å²) in [5.41, 5.74) is 3.52. The Kier molecular flexibility index (Phi) is 6.22. The molecule has 3 rings (SSSR count). The van der Waals surface area contributed by atoms with Gasteiger partial charge in [0.15, 0.2) is 0 Å². The lowest BCUT2D eigenvalue weighted by Gasteiger charge is -2.14. The molecular weight excluding hydrogens is 354 g/mol. The number of amides is 2. The number of rotatable bonds is 7. The van der Waals surface area contributed by atoms with Crippen molar-refractivity contribution in [2.75, 3.05) is 5.32 Å². The molecule has 6 nitrogen and oxygen atoms in total. The summed E-state index contributed by atoms with van der Waals surface area (Å²) in [4.78, 5) is 29.2. The van der Waals surface area contributed by atoms with Crippen LogP contribution in [0.15, 0.2) is 59.3 Å². The van der Waals surface area contributed by atoms with Crippen LogP contribution in [0.5, 0.6) is 0 Å². The van der Waals surface area contributed by atoms with Crippen LogP contribution in [0.4, 0.5) is 5.69 Å². The molecule has 0 unspecified atom stereocenters. The van der Waals surface area contributed by atoms with Gasteiger partial charge in [-0.1, -0.05) is 32.0 Å². The average molecular weight is 377 g/mol. The summed E-state index contributed by atoms with van der Waals surface area (Å²) in [7, 11) is 0. The molecule has 0 atom stereocenters. The fourth-order valence-electron chi connectivity index (χ4n) is 2.96. The van der Waals surface area contributed by atoms with E-state index < -0.39 is 0 Å². The molecule has 3 aromatic rings. The third kappa shape index (κ3) is 4.46. The molecule has 0 aliphatic carbocycles. The van der Waals surface area contributed by atoms with Crippen LogP contribution in [0.3, 0.4) is 0 Å². The molecule has 2 N–H and O–H groups in total. The van der Waals surface area contributed by atoms with Crippen molar-refractivity contribution >= 4 is 17.5 Å². The maximum absolute atomic E-state index is 12.7. The zero-order valence-corrected chi connectivity index (χ0v) is 16.0. The Bertz CT molecular complexity index is 943. The summed E-state index contributed by atoms with van der Waals surface area (Å²) in [5, 5.41) is 5.73. The van der Waals surface area contributed by atoms with E-state index in [-0.39, 0.29) is 24.1 Å². The Morgan fingerprint density at radius 2 is 1.75 bits per heavy atom. The van der Waals surface area contributed by atoms with Crippen molar-refractivity contribution in [1.29, 1.82) is 0 Å². The van der Waals surface area contributed by atoms with Crippen LogP contribution in [-0.2, 0) is 19.4 Å².